The molecular formula is C17H20ClN3OS. The summed E-state index contributed by atoms with van der Waals surface area (Å²) in [7, 11) is 0. The summed E-state index contributed by atoms with van der Waals surface area (Å²) in [6.07, 6.45) is 4.93. The minimum Gasteiger partial charge on any atom is -0.302 e. The SMILES string of the molecule is CCn1c(S[C@H]2CCCCCC2=O)nnc1-c1ccc(Cl)cc1. The molecule has 0 aliphatic heterocycles. The molecule has 0 saturated heterocycles. The van der Waals surface area contributed by atoms with E-state index in [9.17, 15) is 4.79 Å². The van der Waals surface area contributed by atoms with Crippen LogP contribution in [-0.2, 0) is 11.3 Å². The number of ketones is 1. The number of halogens is 1. The fourth-order valence-electron chi connectivity index (χ4n) is 2.85. The fourth-order valence-corrected chi connectivity index (χ4v) is 4.20. The maximum Gasteiger partial charge on any atom is 0.192 e. The van der Waals surface area contributed by atoms with E-state index in [0.29, 0.717) is 17.2 Å². The van der Waals surface area contributed by atoms with Crippen LogP contribution >= 0.6 is 23.4 Å². The van der Waals surface area contributed by atoms with Gasteiger partial charge in [-0.25, -0.2) is 0 Å². The first kappa shape index (κ1) is 16.5. The standard InChI is InChI=1S/C17H20ClN3OS/c1-2-21-16(12-8-10-13(18)11-9-12)19-20-17(21)23-15-7-5-3-4-6-14(15)22/h8-11,15H,2-7H2,1H3/t15-/m0/s1. The maximum atomic E-state index is 12.2. The third-order valence-electron chi connectivity index (χ3n) is 4.13. The molecular weight excluding hydrogens is 330 g/mol. The molecule has 1 heterocycles. The van der Waals surface area contributed by atoms with Crippen LogP contribution in [-0.4, -0.2) is 25.8 Å². The molecule has 1 aromatic heterocycles. The zero-order valence-corrected chi connectivity index (χ0v) is 14.7. The van der Waals surface area contributed by atoms with E-state index in [-0.39, 0.29) is 5.25 Å². The van der Waals surface area contributed by atoms with E-state index in [2.05, 4.69) is 21.7 Å². The van der Waals surface area contributed by atoms with Gasteiger partial charge in [-0.15, -0.1) is 10.2 Å². The lowest BCUT2D eigenvalue weighted by molar-refractivity contribution is -0.118. The number of aromatic nitrogens is 3. The van der Waals surface area contributed by atoms with E-state index in [1.165, 1.54) is 0 Å². The number of carbonyl (C=O) groups is 1. The van der Waals surface area contributed by atoms with Crippen LogP contribution in [0.15, 0.2) is 29.4 Å². The summed E-state index contributed by atoms with van der Waals surface area (Å²) in [5.41, 5.74) is 0.989. The molecule has 122 valence electrons. The lowest BCUT2D eigenvalue weighted by atomic mass is 10.2. The van der Waals surface area contributed by atoms with Gasteiger partial charge in [-0.05, 0) is 44.0 Å². The summed E-state index contributed by atoms with van der Waals surface area (Å²) in [4.78, 5) is 12.2. The van der Waals surface area contributed by atoms with Gasteiger partial charge in [0, 0.05) is 23.6 Å². The Labute approximate surface area is 145 Å². The summed E-state index contributed by atoms with van der Waals surface area (Å²) in [6, 6.07) is 7.61. The van der Waals surface area contributed by atoms with E-state index in [0.717, 1.165) is 48.8 Å². The number of thioether (sulfide) groups is 1. The third kappa shape index (κ3) is 3.78. The smallest absolute Gasteiger partial charge is 0.192 e. The second-order valence-electron chi connectivity index (χ2n) is 5.73. The highest BCUT2D eigenvalue weighted by molar-refractivity contribution is 8.00. The summed E-state index contributed by atoms with van der Waals surface area (Å²) in [6.45, 7) is 2.84. The zero-order chi connectivity index (χ0) is 16.2. The third-order valence-corrected chi connectivity index (χ3v) is 5.68. The lowest BCUT2D eigenvalue weighted by Crippen LogP contribution is -2.16. The average molecular weight is 350 g/mol. The molecule has 4 nitrogen and oxygen atoms in total. The van der Waals surface area contributed by atoms with E-state index < -0.39 is 0 Å². The summed E-state index contributed by atoms with van der Waals surface area (Å²) >= 11 is 7.52. The first-order valence-electron chi connectivity index (χ1n) is 8.07. The molecule has 0 amide bonds. The van der Waals surface area contributed by atoms with Crippen molar-refractivity contribution in [3.05, 3.63) is 29.3 Å². The Bertz CT molecular complexity index is 684. The monoisotopic (exact) mass is 349 g/mol. The quantitative estimate of drug-likeness (QED) is 0.756. The lowest BCUT2D eigenvalue weighted by Gasteiger charge is -2.13. The van der Waals surface area contributed by atoms with Gasteiger partial charge < -0.3 is 4.57 Å². The maximum absolute atomic E-state index is 12.2. The van der Waals surface area contributed by atoms with Crippen molar-refractivity contribution < 1.29 is 4.79 Å². The van der Waals surface area contributed by atoms with Crippen molar-refractivity contribution >= 4 is 29.1 Å². The number of hydrogen-bond acceptors (Lipinski definition) is 4. The number of hydrogen-bond donors (Lipinski definition) is 0. The van der Waals surface area contributed by atoms with Crippen molar-refractivity contribution in [2.45, 2.75) is 56.0 Å². The molecule has 3 rings (SSSR count). The topological polar surface area (TPSA) is 47.8 Å². The van der Waals surface area contributed by atoms with Crippen LogP contribution in [0.25, 0.3) is 11.4 Å². The van der Waals surface area contributed by atoms with Crippen molar-refractivity contribution in [2.75, 3.05) is 0 Å². The number of rotatable bonds is 4. The van der Waals surface area contributed by atoms with Crippen LogP contribution in [0.1, 0.15) is 39.0 Å². The van der Waals surface area contributed by atoms with E-state index in [1.807, 2.05) is 24.3 Å². The molecule has 1 atom stereocenters. The van der Waals surface area contributed by atoms with Crippen LogP contribution in [0.5, 0.6) is 0 Å². The second kappa shape index (κ2) is 7.49. The van der Waals surface area contributed by atoms with Gasteiger partial charge in [-0.3, -0.25) is 4.79 Å². The van der Waals surface area contributed by atoms with E-state index >= 15 is 0 Å². The van der Waals surface area contributed by atoms with Crippen molar-refractivity contribution in [2.24, 2.45) is 0 Å². The van der Waals surface area contributed by atoms with Crippen LogP contribution in [0, 0.1) is 0 Å². The Morgan fingerprint density at radius 2 is 2.00 bits per heavy atom. The van der Waals surface area contributed by atoms with Gasteiger partial charge in [0.1, 0.15) is 5.78 Å². The van der Waals surface area contributed by atoms with Gasteiger partial charge >= 0.3 is 0 Å². The summed E-state index contributed by atoms with van der Waals surface area (Å²) in [5.74, 6) is 1.18. The first-order valence-corrected chi connectivity index (χ1v) is 9.33. The minimum absolute atomic E-state index is 0.0186. The molecule has 1 aliphatic carbocycles. The Balaban J connectivity index is 1.85. The number of Topliss-reactive ketones (excluding diaryl/α,β-unsaturated/α-hetero) is 1. The molecule has 1 fully saturated rings. The number of benzene rings is 1. The zero-order valence-electron chi connectivity index (χ0n) is 13.2. The molecule has 1 aliphatic rings. The van der Waals surface area contributed by atoms with Crippen LogP contribution < -0.4 is 0 Å². The average Bonchev–Trinajstić information content (AvgIpc) is 2.85. The van der Waals surface area contributed by atoms with Gasteiger partial charge in [0.25, 0.3) is 0 Å². The van der Waals surface area contributed by atoms with Crippen LogP contribution in [0.4, 0.5) is 0 Å². The van der Waals surface area contributed by atoms with E-state index in [1.54, 1.807) is 11.8 Å². The van der Waals surface area contributed by atoms with Crippen LogP contribution in [0.2, 0.25) is 5.02 Å². The van der Waals surface area contributed by atoms with Gasteiger partial charge in [0.05, 0.1) is 5.25 Å². The Morgan fingerprint density at radius 3 is 2.74 bits per heavy atom. The van der Waals surface area contributed by atoms with Crippen molar-refractivity contribution in [1.29, 1.82) is 0 Å². The Kier molecular flexibility index (Phi) is 5.38. The number of carbonyl (C=O) groups excluding carboxylic acids is 1. The molecule has 0 N–H and O–H groups in total. The minimum atomic E-state index is 0.0186. The molecule has 0 bridgehead atoms. The first-order chi connectivity index (χ1) is 11.2. The molecule has 1 aromatic carbocycles. The van der Waals surface area contributed by atoms with Gasteiger partial charge in [0.15, 0.2) is 11.0 Å². The summed E-state index contributed by atoms with van der Waals surface area (Å²) < 4.78 is 2.08. The number of nitrogens with zero attached hydrogens (tertiary/aromatic N) is 3. The molecule has 2 aromatic rings. The highest BCUT2D eigenvalue weighted by Gasteiger charge is 2.25. The Hall–Kier alpha value is -1.33. The van der Waals surface area contributed by atoms with Gasteiger partial charge in [-0.2, -0.15) is 0 Å². The van der Waals surface area contributed by atoms with Crippen LogP contribution in [0.3, 0.4) is 0 Å². The van der Waals surface area contributed by atoms with Crippen molar-refractivity contribution in [1.82, 2.24) is 14.8 Å². The van der Waals surface area contributed by atoms with Gasteiger partial charge in [0.2, 0.25) is 0 Å². The molecule has 23 heavy (non-hydrogen) atoms. The van der Waals surface area contributed by atoms with Gasteiger partial charge in [-0.1, -0.05) is 36.2 Å². The molecule has 6 heteroatoms. The molecule has 1 saturated carbocycles. The predicted molar refractivity (Wildman–Crippen MR) is 93.9 cm³/mol. The van der Waals surface area contributed by atoms with Crippen molar-refractivity contribution in [3.8, 4) is 11.4 Å². The largest absolute Gasteiger partial charge is 0.302 e. The fraction of sp³-hybridized carbons (Fsp3) is 0.471. The van der Waals surface area contributed by atoms with E-state index in [4.69, 9.17) is 11.6 Å². The normalized spacial score (nSPS) is 18.9. The predicted octanol–water partition coefficient (Wildman–Crippen LogP) is 4.61. The molecule has 0 unspecified atom stereocenters. The second-order valence-corrected chi connectivity index (χ2v) is 7.34. The Morgan fingerprint density at radius 1 is 1.22 bits per heavy atom. The molecule has 0 spiro atoms. The highest BCUT2D eigenvalue weighted by atomic mass is 35.5. The molecule has 0 radical (unpaired) electrons. The summed E-state index contributed by atoms with van der Waals surface area (Å²) in [5, 5.41) is 10.2. The highest BCUT2D eigenvalue weighted by Crippen LogP contribution is 2.32. The van der Waals surface area contributed by atoms with Crippen molar-refractivity contribution in [3.63, 3.8) is 0 Å².